The Bertz CT molecular complexity index is 1080. The van der Waals surface area contributed by atoms with Crippen LogP contribution in [0.2, 0.25) is 0 Å². The highest BCUT2D eigenvalue weighted by Gasteiger charge is 2.35. The van der Waals surface area contributed by atoms with Crippen molar-refractivity contribution in [3.05, 3.63) is 58.5 Å². The molecule has 0 spiro atoms. The Balaban J connectivity index is 1.54. The van der Waals surface area contributed by atoms with Gasteiger partial charge in [0, 0.05) is 43.4 Å². The van der Waals surface area contributed by atoms with Gasteiger partial charge in [0.15, 0.2) is 5.65 Å². The van der Waals surface area contributed by atoms with E-state index in [9.17, 15) is 13.2 Å². The molecule has 0 radical (unpaired) electrons. The number of aromatic nitrogens is 3. The number of rotatable bonds is 6. The quantitative estimate of drug-likeness (QED) is 0.582. The van der Waals surface area contributed by atoms with Crippen molar-refractivity contribution in [3.63, 3.8) is 0 Å². The highest BCUT2D eigenvalue weighted by molar-refractivity contribution is 5.43. The molecule has 166 valence electrons. The SMILES string of the molecule is COCc1ccc(OC)c(CN2CC[C@@H](c3cc4nc(C)cc(C(F)(F)F)n4n3)C2)c1. The molecule has 9 heteroatoms. The summed E-state index contributed by atoms with van der Waals surface area (Å²) in [7, 11) is 3.30. The van der Waals surface area contributed by atoms with Gasteiger partial charge in [-0.3, -0.25) is 4.90 Å². The molecule has 2 aromatic heterocycles. The van der Waals surface area contributed by atoms with Crippen molar-refractivity contribution in [2.75, 3.05) is 27.3 Å². The third kappa shape index (κ3) is 4.52. The topological polar surface area (TPSA) is 51.9 Å². The second-order valence-corrected chi connectivity index (χ2v) is 7.92. The Morgan fingerprint density at radius 3 is 2.68 bits per heavy atom. The van der Waals surface area contributed by atoms with Crippen LogP contribution in [0.25, 0.3) is 5.65 Å². The van der Waals surface area contributed by atoms with E-state index >= 15 is 0 Å². The van der Waals surface area contributed by atoms with Crippen LogP contribution >= 0.6 is 0 Å². The average Bonchev–Trinajstić information content (AvgIpc) is 3.34. The normalized spacial score (nSPS) is 17.5. The van der Waals surface area contributed by atoms with Crippen LogP contribution in [0.1, 0.15) is 40.5 Å². The zero-order valence-corrected chi connectivity index (χ0v) is 17.7. The first-order chi connectivity index (χ1) is 14.8. The molecule has 0 aliphatic carbocycles. The standard InChI is InChI=1S/C22H25F3N4O2/c1-14-8-20(22(23,24)25)29-21(26-14)10-18(27-29)16-6-7-28(11-16)12-17-9-15(13-30-2)4-5-19(17)31-3/h4-5,8-10,16H,6-7,11-13H2,1-3H3/t16-/m1/s1. The van der Waals surface area contributed by atoms with E-state index in [-0.39, 0.29) is 11.6 Å². The summed E-state index contributed by atoms with van der Waals surface area (Å²) < 4.78 is 51.9. The summed E-state index contributed by atoms with van der Waals surface area (Å²) in [6.45, 7) is 4.31. The maximum Gasteiger partial charge on any atom is 0.433 e. The average molecular weight is 434 g/mol. The van der Waals surface area contributed by atoms with E-state index in [1.54, 1.807) is 27.2 Å². The van der Waals surface area contributed by atoms with Gasteiger partial charge in [0.25, 0.3) is 0 Å². The lowest BCUT2D eigenvalue weighted by Gasteiger charge is -2.18. The van der Waals surface area contributed by atoms with E-state index < -0.39 is 11.9 Å². The van der Waals surface area contributed by atoms with Gasteiger partial charge in [0.2, 0.25) is 0 Å². The zero-order valence-electron chi connectivity index (χ0n) is 17.7. The van der Waals surface area contributed by atoms with Crippen LogP contribution in [0.3, 0.4) is 0 Å². The van der Waals surface area contributed by atoms with Crippen LogP contribution in [-0.4, -0.2) is 46.8 Å². The van der Waals surface area contributed by atoms with Gasteiger partial charge in [0.05, 0.1) is 19.4 Å². The molecule has 4 rings (SSSR count). The lowest BCUT2D eigenvalue weighted by molar-refractivity contribution is -0.142. The molecule has 6 nitrogen and oxygen atoms in total. The number of ether oxygens (including phenoxy) is 2. The Morgan fingerprint density at radius 1 is 1.16 bits per heavy atom. The Morgan fingerprint density at radius 2 is 1.97 bits per heavy atom. The second-order valence-electron chi connectivity index (χ2n) is 7.92. The van der Waals surface area contributed by atoms with E-state index in [2.05, 4.69) is 21.0 Å². The molecule has 1 aromatic carbocycles. The monoisotopic (exact) mass is 434 g/mol. The van der Waals surface area contributed by atoms with Crippen molar-refractivity contribution in [1.29, 1.82) is 0 Å². The van der Waals surface area contributed by atoms with Crippen LogP contribution in [0, 0.1) is 6.92 Å². The maximum atomic E-state index is 13.4. The van der Waals surface area contributed by atoms with Gasteiger partial charge >= 0.3 is 6.18 Å². The highest BCUT2D eigenvalue weighted by atomic mass is 19.4. The Labute approximate surface area is 178 Å². The molecule has 3 aromatic rings. The molecule has 3 heterocycles. The predicted octanol–water partition coefficient (Wildman–Crippen LogP) is 4.20. The van der Waals surface area contributed by atoms with E-state index in [1.165, 1.54) is 0 Å². The maximum absolute atomic E-state index is 13.4. The molecule has 0 bridgehead atoms. The van der Waals surface area contributed by atoms with Crippen molar-refractivity contribution in [2.24, 2.45) is 0 Å². The molecule has 0 saturated carbocycles. The molecule has 1 saturated heterocycles. The van der Waals surface area contributed by atoms with E-state index in [4.69, 9.17) is 9.47 Å². The fraction of sp³-hybridized carbons (Fsp3) is 0.455. The van der Waals surface area contributed by atoms with E-state index in [0.717, 1.165) is 40.4 Å². The third-order valence-corrected chi connectivity index (χ3v) is 5.61. The predicted molar refractivity (Wildman–Crippen MR) is 109 cm³/mol. The van der Waals surface area contributed by atoms with Gasteiger partial charge in [-0.05, 0) is 43.7 Å². The van der Waals surface area contributed by atoms with E-state index in [1.807, 2.05) is 12.1 Å². The van der Waals surface area contributed by atoms with Crippen molar-refractivity contribution in [1.82, 2.24) is 19.5 Å². The lowest BCUT2D eigenvalue weighted by Crippen LogP contribution is -2.20. The molecule has 31 heavy (non-hydrogen) atoms. The van der Waals surface area contributed by atoms with Crippen LogP contribution in [0.5, 0.6) is 5.75 Å². The zero-order chi connectivity index (χ0) is 22.2. The number of alkyl halides is 3. The first kappa shape index (κ1) is 21.6. The van der Waals surface area contributed by atoms with Crippen LogP contribution in [0.4, 0.5) is 13.2 Å². The number of halogens is 3. The van der Waals surface area contributed by atoms with Crippen molar-refractivity contribution in [2.45, 2.75) is 38.6 Å². The van der Waals surface area contributed by atoms with Gasteiger partial charge in [-0.25, -0.2) is 9.50 Å². The summed E-state index contributed by atoms with van der Waals surface area (Å²) in [5.41, 5.74) is 2.53. The number of likely N-dealkylation sites (tertiary alicyclic amines) is 1. The summed E-state index contributed by atoms with van der Waals surface area (Å²) in [5.74, 6) is 0.863. The highest BCUT2D eigenvalue weighted by Crippen LogP contribution is 2.33. The molecular weight excluding hydrogens is 409 g/mol. The number of nitrogens with zero attached hydrogens (tertiary/aromatic N) is 4. The van der Waals surface area contributed by atoms with Crippen LogP contribution < -0.4 is 4.74 Å². The van der Waals surface area contributed by atoms with Crippen molar-refractivity contribution < 1.29 is 22.6 Å². The molecule has 1 aliphatic heterocycles. The van der Waals surface area contributed by atoms with Crippen molar-refractivity contribution >= 4 is 5.65 Å². The molecule has 1 fully saturated rings. The minimum Gasteiger partial charge on any atom is -0.496 e. The summed E-state index contributed by atoms with van der Waals surface area (Å²) in [4.78, 5) is 6.51. The minimum absolute atomic E-state index is 0.0521. The fourth-order valence-corrected chi connectivity index (χ4v) is 4.19. The number of methoxy groups -OCH3 is 2. The molecule has 0 N–H and O–H groups in total. The summed E-state index contributed by atoms with van der Waals surface area (Å²) in [6, 6.07) is 8.69. The van der Waals surface area contributed by atoms with Gasteiger partial charge in [-0.2, -0.15) is 18.3 Å². The number of fused-ring (bicyclic) bond motifs is 1. The summed E-state index contributed by atoms with van der Waals surface area (Å²) in [6.07, 6.45) is -3.66. The van der Waals surface area contributed by atoms with Crippen LogP contribution in [-0.2, 0) is 24.1 Å². The summed E-state index contributed by atoms with van der Waals surface area (Å²) in [5, 5.41) is 4.28. The Hall–Kier alpha value is -2.65. The van der Waals surface area contributed by atoms with Gasteiger partial charge in [0.1, 0.15) is 11.4 Å². The Kier molecular flexibility index (Phi) is 5.90. The molecule has 1 aliphatic rings. The first-order valence-corrected chi connectivity index (χ1v) is 10.1. The third-order valence-electron chi connectivity index (χ3n) is 5.61. The second kappa shape index (κ2) is 8.47. The van der Waals surface area contributed by atoms with Gasteiger partial charge < -0.3 is 9.47 Å². The van der Waals surface area contributed by atoms with E-state index in [0.29, 0.717) is 31.1 Å². The smallest absolute Gasteiger partial charge is 0.433 e. The number of hydrogen-bond acceptors (Lipinski definition) is 5. The molecule has 0 unspecified atom stereocenters. The molecule has 0 amide bonds. The minimum atomic E-state index is -4.49. The van der Waals surface area contributed by atoms with Crippen molar-refractivity contribution in [3.8, 4) is 5.75 Å². The lowest BCUT2D eigenvalue weighted by atomic mass is 10.1. The van der Waals surface area contributed by atoms with Gasteiger partial charge in [-0.15, -0.1) is 0 Å². The molecular formula is C22H25F3N4O2. The number of aryl methyl sites for hydroxylation is 1. The number of benzene rings is 1. The van der Waals surface area contributed by atoms with Gasteiger partial charge in [-0.1, -0.05) is 6.07 Å². The first-order valence-electron chi connectivity index (χ1n) is 10.1. The fourth-order valence-electron chi connectivity index (χ4n) is 4.19. The largest absolute Gasteiger partial charge is 0.496 e. The molecule has 1 atom stereocenters. The number of hydrogen-bond donors (Lipinski definition) is 0. The summed E-state index contributed by atoms with van der Waals surface area (Å²) >= 11 is 0. The van der Waals surface area contributed by atoms with Crippen LogP contribution in [0.15, 0.2) is 30.3 Å².